The van der Waals surface area contributed by atoms with Gasteiger partial charge >= 0.3 is 0 Å². The molecule has 4 unspecified atom stereocenters. The minimum Gasteiger partial charge on any atom is -0.491 e. The lowest BCUT2D eigenvalue weighted by atomic mass is 10.3. The Labute approximate surface area is 234 Å². The molecular weight excluding hydrogens is 524 g/mol. The predicted octanol–water partition coefficient (Wildman–Crippen LogP) is 3.33. The van der Waals surface area contributed by atoms with Gasteiger partial charge in [-0.3, -0.25) is 9.59 Å². The van der Waals surface area contributed by atoms with Crippen molar-refractivity contribution in [1.29, 1.82) is 0 Å². The maximum Gasteiger partial charge on any atom is 0.237 e. The smallest absolute Gasteiger partial charge is 0.237 e. The summed E-state index contributed by atoms with van der Waals surface area (Å²) in [7, 11) is 0. The summed E-state index contributed by atoms with van der Waals surface area (Å²) >= 11 is 1.24. The second kappa shape index (κ2) is 17.7. The Morgan fingerprint density at radius 3 is 1.38 bits per heavy atom. The Hall–Kier alpha value is -2.83. The van der Waals surface area contributed by atoms with E-state index < -0.39 is 22.7 Å². The Morgan fingerprint density at radius 1 is 0.692 bits per heavy atom. The quantitative estimate of drug-likeness (QED) is 0.215. The van der Waals surface area contributed by atoms with Crippen LogP contribution in [0.1, 0.15) is 27.7 Å². The van der Waals surface area contributed by atoms with E-state index in [2.05, 4.69) is 10.6 Å². The lowest BCUT2D eigenvalue weighted by Gasteiger charge is -2.17. The minimum absolute atomic E-state index is 0.107. The standard InChI is InChI=1S/C28H40N2O8S/c1-5-35-15-23(31)17-37-25-11-7-21(8-12-25)29-27(33)19(3)39-20(4)28(34)30-22-9-13-26(14-10-22)38-18-24(32)16-36-6-2/h7-14,19-20,23-24,31-32H,5-6,15-18H2,1-4H3,(H,29,33)(H,30,34). The van der Waals surface area contributed by atoms with E-state index in [0.29, 0.717) is 36.1 Å². The van der Waals surface area contributed by atoms with Crippen molar-refractivity contribution in [2.75, 3.05) is 50.3 Å². The predicted molar refractivity (Wildman–Crippen MR) is 153 cm³/mol. The van der Waals surface area contributed by atoms with Crippen LogP contribution in [0.25, 0.3) is 0 Å². The average molecular weight is 565 g/mol. The molecule has 2 rings (SSSR count). The van der Waals surface area contributed by atoms with E-state index in [-0.39, 0.29) is 38.2 Å². The van der Waals surface area contributed by atoms with Crippen LogP contribution in [0.5, 0.6) is 11.5 Å². The lowest BCUT2D eigenvalue weighted by molar-refractivity contribution is -0.115. The summed E-state index contributed by atoms with van der Waals surface area (Å²) < 4.78 is 21.4. The molecule has 2 amide bonds. The van der Waals surface area contributed by atoms with Gasteiger partial charge < -0.3 is 39.8 Å². The van der Waals surface area contributed by atoms with Crippen molar-refractivity contribution in [3.63, 3.8) is 0 Å². The van der Waals surface area contributed by atoms with Crippen LogP contribution in [0.4, 0.5) is 11.4 Å². The zero-order valence-electron chi connectivity index (χ0n) is 22.9. The Bertz CT molecular complexity index is 911. The highest BCUT2D eigenvalue weighted by Gasteiger charge is 2.22. The molecule has 0 spiro atoms. The number of hydrogen-bond acceptors (Lipinski definition) is 9. The summed E-state index contributed by atoms with van der Waals surface area (Å²) in [6.07, 6.45) is -1.43. The summed E-state index contributed by atoms with van der Waals surface area (Å²) in [6.45, 7) is 8.88. The highest BCUT2D eigenvalue weighted by atomic mass is 32.2. The van der Waals surface area contributed by atoms with Crippen molar-refractivity contribution in [3.8, 4) is 11.5 Å². The van der Waals surface area contributed by atoms with Crippen LogP contribution in [0.15, 0.2) is 48.5 Å². The largest absolute Gasteiger partial charge is 0.491 e. The molecule has 0 aliphatic rings. The second-order valence-electron chi connectivity index (χ2n) is 8.70. The summed E-state index contributed by atoms with van der Waals surface area (Å²) in [5, 5.41) is 24.3. The molecule has 0 aromatic heterocycles. The number of carbonyl (C=O) groups is 2. The summed E-state index contributed by atoms with van der Waals surface area (Å²) in [5.74, 6) is 0.673. The average Bonchev–Trinajstić information content (AvgIpc) is 2.93. The van der Waals surface area contributed by atoms with Gasteiger partial charge in [0.05, 0.1) is 23.7 Å². The molecule has 4 atom stereocenters. The highest BCUT2D eigenvalue weighted by Crippen LogP contribution is 2.23. The van der Waals surface area contributed by atoms with Gasteiger partial charge in [-0.2, -0.15) is 0 Å². The number of nitrogens with one attached hydrogen (secondary N) is 2. The fraction of sp³-hybridized carbons (Fsp3) is 0.500. The molecule has 0 aliphatic carbocycles. The number of hydrogen-bond donors (Lipinski definition) is 4. The van der Waals surface area contributed by atoms with Crippen molar-refractivity contribution in [2.45, 2.75) is 50.4 Å². The Balaban J connectivity index is 1.75. The molecule has 4 N–H and O–H groups in total. The van der Waals surface area contributed by atoms with Gasteiger partial charge in [-0.05, 0) is 76.2 Å². The van der Waals surface area contributed by atoms with Crippen LogP contribution >= 0.6 is 11.8 Å². The molecule has 0 aliphatic heterocycles. The molecule has 2 aromatic carbocycles. The molecule has 10 nitrogen and oxygen atoms in total. The molecule has 0 saturated carbocycles. The van der Waals surface area contributed by atoms with E-state index in [1.807, 2.05) is 13.8 Å². The molecule has 0 heterocycles. The molecule has 0 saturated heterocycles. The van der Waals surface area contributed by atoms with Crippen molar-refractivity contribution < 1.29 is 38.7 Å². The van der Waals surface area contributed by atoms with Crippen LogP contribution in [0.3, 0.4) is 0 Å². The van der Waals surface area contributed by atoms with Crippen molar-refractivity contribution in [1.82, 2.24) is 0 Å². The van der Waals surface area contributed by atoms with E-state index in [4.69, 9.17) is 18.9 Å². The summed E-state index contributed by atoms with van der Waals surface area (Å²) in [6, 6.07) is 13.7. The summed E-state index contributed by atoms with van der Waals surface area (Å²) in [5.41, 5.74) is 1.19. The maximum atomic E-state index is 12.7. The number of anilines is 2. The zero-order chi connectivity index (χ0) is 28.6. The van der Waals surface area contributed by atoms with Crippen LogP contribution in [-0.4, -0.2) is 84.4 Å². The second-order valence-corrected chi connectivity index (χ2v) is 10.4. The van der Waals surface area contributed by atoms with Crippen molar-refractivity contribution in [2.24, 2.45) is 0 Å². The van der Waals surface area contributed by atoms with Crippen LogP contribution in [0.2, 0.25) is 0 Å². The van der Waals surface area contributed by atoms with Crippen LogP contribution < -0.4 is 20.1 Å². The molecule has 39 heavy (non-hydrogen) atoms. The number of aliphatic hydroxyl groups excluding tert-OH is 2. The van der Waals surface area contributed by atoms with E-state index in [1.54, 1.807) is 62.4 Å². The van der Waals surface area contributed by atoms with Gasteiger partial charge in [0.1, 0.15) is 36.9 Å². The van der Waals surface area contributed by atoms with Gasteiger partial charge in [0, 0.05) is 24.6 Å². The van der Waals surface area contributed by atoms with Gasteiger partial charge in [0.15, 0.2) is 0 Å². The first kappa shape index (κ1) is 32.4. The first-order chi connectivity index (χ1) is 18.7. The third-order valence-electron chi connectivity index (χ3n) is 5.30. The monoisotopic (exact) mass is 564 g/mol. The number of ether oxygens (including phenoxy) is 4. The molecule has 216 valence electrons. The molecule has 0 fully saturated rings. The number of rotatable bonds is 18. The fourth-order valence-electron chi connectivity index (χ4n) is 3.18. The van der Waals surface area contributed by atoms with E-state index >= 15 is 0 Å². The molecule has 0 bridgehead atoms. The van der Waals surface area contributed by atoms with Crippen molar-refractivity contribution in [3.05, 3.63) is 48.5 Å². The minimum atomic E-state index is -0.717. The van der Waals surface area contributed by atoms with Gasteiger partial charge in [-0.25, -0.2) is 0 Å². The highest BCUT2D eigenvalue weighted by molar-refractivity contribution is 8.01. The SMILES string of the molecule is CCOCC(O)COc1ccc(NC(=O)C(C)SC(C)C(=O)Nc2ccc(OCC(O)COCC)cc2)cc1. The maximum absolute atomic E-state index is 12.7. The third-order valence-corrected chi connectivity index (χ3v) is 6.55. The third kappa shape index (κ3) is 12.7. The van der Waals surface area contributed by atoms with E-state index in [9.17, 15) is 19.8 Å². The van der Waals surface area contributed by atoms with Crippen LogP contribution in [-0.2, 0) is 19.1 Å². The topological polar surface area (TPSA) is 136 Å². The van der Waals surface area contributed by atoms with E-state index in [0.717, 1.165) is 0 Å². The van der Waals surface area contributed by atoms with Gasteiger partial charge in [-0.1, -0.05) is 0 Å². The van der Waals surface area contributed by atoms with Gasteiger partial charge in [0.2, 0.25) is 11.8 Å². The number of amides is 2. The Morgan fingerprint density at radius 2 is 1.05 bits per heavy atom. The van der Waals surface area contributed by atoms with Crippen molar-refractivity contribution >= 4 is 35.0 Å². The lowest BCUT2D eigenvalue weighted by Crippen LogP contribution is -2.29. The van der Waals surface area contributed by atoms with Gasteiger partial charge in [-0.15, -0.1) is 11.8 Å². The summed E-state index contributed by atoms with van der Waals surface area (Å²) in [4.78, 5) is 25.3. The van der Waals surface area contributed by atoms with Gasteiger partial charge in [0.25, 0.3) is 0 Å². The van der Waals surface area contributed by atoms with E-state index in [1.165, 1.54) is 11.8 Å². The molecule has 11 heteroatoms. The normalized spacial score (nSPS) is 14.1. The zero-order valence-corrected chi connectivity index (χ0v) is 23.7. The number of thioether (sulfide) groups is 1. The molecule has 0 radical (unpaired) electrons. The first-order valence-electron chi connectivity index (χ1n) is 13.0. The fourth-order valence-corrected chi connectivity index (χ4v) is 4.15. The molecule has 2 aromatic rings. The number of carbonyl (C=O) groups excluding carboxylic acids is 2. The van der Waals surface area contributed by atoms with Crippen LogP contribution in [0, 0.1) is 0 Å². The number of aliphatic hydroxyl groups is 2. The Kier molecular flexibility index (Phi) is 14.7. The molecular formula is C28H40N2O8S. The first-order valence-corrected chi connectivity index (χ1v) is 13.9. The number of benzene rings is 2.